The average molecular weight is 439 g/mol. The maximum Gasteiger partial charge on any atom is 0.116 e. The van der Waals surface area contributed by atoms with Crippen molar-refractivity contribution in [2.75, 3.05) is 0 Å². The van der Waals surface area contributed by atoms with Gasteiger partial charge in [0.05, 0.1) is 11.4 Å². The van der Waals surface area contributed by atoms with E-state index in [1.807, 2.05) is 18.2 Å². The molecule has 2 aromatic rings. The summed E-state index contributed by atoms with van der Waals surface area (Å²) in [5, 5.41) is 19.2. The molecule has 0 aliphatic rings. The van der Waals surface area contributed by atoms with Crippen LogP contribution in [0.25, 0.3) is 0 Å². The molecule has 1 N–H and O–H groups in total. The van der Waals surface area contributed by atoms with E-state index in [2.05, 4.69) is 41.5 Å². The molecule has 0 aromatic heterocycles. The summed E-state index contributed by atoms with van der Waals surface area (Å²) in [4.78, 5) is 0. The lowest BCUT2D eigenvalue weighted by Crippen LogP contribution is -1.87. The highest BCUT2D eigenvalue weighted by Crippen LogP contribution is 2.28. The van der Waals surface area contributed by atoms with E-state index >= 15 is 0 Å². The van der Waals surface area contributed by atoms with Gasteiger partial charge in [0.2, 0.25) is 0 Å². The lowest BCUT2D eigenvalue weighted by atomic mass is 10.0. The molecule has 4 heteroatoms. The van der Waals surface area contributed by atoms with Crippen molar-refractivity contribution in [3.05, 3.63) is 77.4 Å². The molecule has 2 aromatic carbocycles. The first-order valence-electron chi connectivity index (χ1n) is 11.5. The Morgan fingerprint density at radius 2 is 1.52 bits per heavy atom. The number of phenolic OH excluding ortho intramolecular Hbond substituents is 1. The Kier molecular flexibility index (Phi) is 12.4. The Balaban J connectivity index is 1.68. The van der Waals surface area contributed by atoms with Crippen LogP contribution in [0.4, 0.5) is 11.4 Å². The van der Waals surface area contributed by atoms with Crippen LogP contribution in [0.2, 0.25) is 5.02 Å². The number of azo groups is 1. The standard InChI is InChI=1S/C27H35ClN2O/c1-2-3-4-5-6-7-8-9-10-11-12-13-14-15-23-22-26(31)20-21-27(23)30-29-25-18-16-24(28)17-19-25/h4-5,7-8,16-22,31H,2-3,6,9-15H2,1H3/b5-4+,8-7+,30-29?. The molecule has 0 saturated heterocycles. The summed E-state index contributed by atoms with van der Waals surface area (Å²) in [7, 11) is 0. The van der Waals surface area contributed by atoms with E-state index in [1.54, 1.807) is 24.3 Å². The van der Waals surface area contributed by atoms with Gasteiger partial charge in [-0.25, -0.2) is 0 Å². The molecule has 2 rings (SSSR count). The molecule has 0 heterocycles. The van der Waals surface area contributed by atoms with Crippen molar-refractivity contribution >= 4 is 23.0 Å². The second kappa shape index (κ2) is 15.4. The molecule has 0 fully saturated rings. The van der Waals surface area contributed by atoms with Crippen molar-refractivity contribution in [1.82, 2.24) is 0 Å². The average Bonchev–Trinajstić information content (AvgIpc) is 2.77. The number of unbranched alkanes of at least 4 members (excludes halogenated alkanes) is 6. The molecule has 31 heavy (non-hydrogen) atoms. The summed E-state index contributed by atoms with van der Waals surface area (Å²) >= 11 is 5.91. The van der Waals surface area contributed by atoms with Gasteiger partial charge in [0, 0.05) is 5.02 Å². The molecule has 0 unspecified atom stereocenters. The van der Waals surface area contributed by atoms with Crippen molar-refractivity contribution < 1.29 is 5.11 Å². The lowest BCUT2D eigenvalue weighted by Gasteiger charge is -2.06. The number of hydrogen-bond acceptors (Lipinski definition) is 3. The number of aryl methyl sites for hydroxylation is 1. The Morgan fingerprint density at radius 3 is 2.29 bits per heavy atom. The lowest BCUT2D eigenvalue weighted by molar-refractivity contribution is 0.474. The van der Waals surface area contributed by atoms with Gasteiger partial charge in [-0.3, -0.25) is 0 Å². The highest BCUT2D eigenvalue weighted by molar-refractivity contribution is 6.30. The molecule has 0 aliphatic carbocycles. The zero-order valence-corrected chi connectivity index (χ0v) is 19.4. The van der Waals surface area contributed by atoms with Gasteiger partial charge in [-0.1, -0.05) is 68.5 Å². The van der Waals surface area contributed by atoms with Crippen LogP contribution in [-0.4, -0.2) is 5.11 Å². The first-order chi connectivity index (χ1) is 15.2. The van der Waals surface area contributed by atoms with Crippen molar-refractivity contribution in [1.29, 1.82) is 0 Å². The zero-order chi connectivity index (χ0) is 22.2. The number of phenols is 1. The Labute approximate surface area is 192 Å². The van der Waals surface area contributed by atoms with Crippen molar-refractivity contribution in [3.63, 3.8) is 0 Å². The number of benzene rings is 2. The summed E-state index contributed by atoms with van der Waals surface area (Å²) in [5.41, 5.74) is 2.61. The number of hydrogen-bond donors (Lipinski definition) is 1. The van der Waals surface area contributed by atoms with E-state index in [-0.39, 0.29) is 5.75 Å². The van der Waals surface area contributed by atoms with E-state index in [1.165, 1.54) is 44.9 Å². The van der Waals surface area contributed by atoms with Crippen LogP contribution < -0.4 is 0 Å². The molecule has 0 radical (unpaired) electrons. The van der Waals surface area contributed by atoms with Gasteiger partial charge in [0.1, 0.15) is 5.75 Å². The van der Waals surface area contributed by atoms with Gasteiger partial charge in [-0.15, -0.1) is 0 Å². The van der Waals surface area contributed by atoms with Gasteiger partial charge in [-0.05, 0) is 86.6 Å². The highest BCUT2D eigenvalue weighted by atomic mass is 35.5. The third kappa shape index (κ3) is 11.0. The number of rotatable bonds is 14. The largest absolute Gasteiger partial charge is 0.508 e. The summed E-state index contributed by atoms with van der Waals surface area (Å²) < 4.78 is 0. The monoisotopic (exact) mass is 438 g/mol. The second-order valence-corrected chi connectivity index (χ2v) is 8.20. The molecular formula is C27H35ClN2O. The number of nitrogens with zero attached hydrogens (tertiary/aromatic N) is 2. The summed E-state index contributed by atoms with van der Waals surface area (Å²) in [5.74, 6) is 0.275. The minimum atomic E-state index is 0.275. The minimum absolute atomic E-state index is 0.275. The molecule has 0 saturated carbocycles. The maximum atomic E-state index is 9.86. The van der Waals surface area contributed by atoms with Crippen LogP contribution in [0.3, 0.4) is 0 Å². The first kappa shape index (κ1) is 24.9. The topological polar surface area (TPSA) is 45.0 Å². The number of allylic oxidation sites excluding steroid dienone is 4. The fraction of sp³-hybridized carbons (Fsp3) is 0.407. The molecule has 0 spiro atoms. The summed E-state index contributed by atoms with van der Waals surface area (Å²) in [6.45, 7) is 2.21. The highest BCUT2D eigenvalue weighted by Gasteiger charge is 2.04. The Bertz CT molecular complexity index is 841. The van der Waals surface area contributed by atoms with Crippen LogP contribution in [0.1, 0.15) is 70.3 Å². The maximum absolute atomic E-state index is 9.86. The minimum Gasteiger partial charge on any atom is -0.508 e. The van der Waals surface area contributed by atoms with E-state index in [0.717, 1.165) is 36.2 Å². The Morgan fingerprint density at radius 1 is 0.806 bits per heavy atom. The van der Waals surface area contributed by atoms with Crippen molar-refractivity contribution in [2.45, 2.75) is 71.1 Å². The normalized spacial score (nSPS) is 11.9. The molecular weight excluding hydrogens is 404 g/mol. The van der Waals surface area contributed by atoms with Crippen LogP contribution in [0.15, 0.2) is 77.0 Å². The zero-order valence-electron chi connectivity index (χ0n) is 18.6. The Hall–Kier alpha value is -2.39. The van der Waals surface area contributed by atoms with E-state index < -0.39 is 0 Å². The molecule has 0 bridgehead atoms. The van der Waals surface area contributed by atoms with Crippen LogP contribution in [-0.2, 0) is 6.42 Å². The number of halogens is 1. The van der Waals surface area contributed by atoms with Gasteiger partial charge in [0.25, 0.3) is 0 Å². The molecule has 0 atom stereocenters. The van der Waals surface area contributed by atoms with Gasteiger partial charge < -0.3 is 5.11 Å². The van der Waals surface area contributed by atoms with Crippen LogP contribution in [0.5, 0.6) is 5.75 Å². The van der Waals surface area contributed by atoms with Gasteiger partial charge in [-0.2, -0.15) is 10.2 Å². The number of aromatic hydroxyl groups is 1. The molecule has 0 aliphatic heterocycles. The van der Waals surface area contributed by atoms with Crippen molar-refractivity contribution in [3.8, 4) is 5.75 Å². The molecule has 3 nitrogen and oxygen atoms in total. The van der Waals surface area contributed by atoms with E-state index in [0.29, 0.717) is 5.02 Å². The smallest absolute Gasteiger partial charge is 0.116 e. The van der Waals surface area contributed by atoms with Gasteiger partial charge >= 0.3 is 0 Å². The quantitative estimate of drug-likeness (QED) is 0.178. The van der Waals surface area contributed by atoms with Gasteiger partial charge in [0.15, 0.2) is 0 Å². The van der Waals surface area contributed by atoms with Crippen molar-refractivity contribution in [2.24, 2.45) is 10.2 Å². The summed E-state index contributed by atoms with van der Waals surface area (Å²) in [6.07, 6.45) is 20.7. The first-order valence-corrected chi connectivity index (χ1v) is 11.9. The van der Waals surface area contributed by atoms with Crippen LogP contribution in [0, 0.1) is 0 Å². The fourth-order valence-corrected chi connectivity index (χ4v) is 3.40. The summed E-state index contributed by atoms with van der Waals surface area (Å²) in [6, 6.07) is 12.6. The van der Waals surface area contributed by atoms with E-state index in [9.17, 15) is 5.11 Å². The molecule has 0 amide bonds. The second-order valence-electron chi connectivity index (χ2n) is 7.76. The SMILES string of the molecule is CCC/C=C/C/C=C/CCCCCCCc1cc(O)ccc1N=Nc1ccc(Cl)cc1. The van der Waals surface area contributed by atoms with E-state index in [4.69, 9.17) is 11.6 Å². The third-order valence-electron chi connectivity index (χ3n) is 5.04. The predicted molar refractivity (Wildman–Crippen MR) is 133 cm³/mol. The fourth-order valence-electron chi connectivity index (χ4n) is 3.27. The predicted octanol–water partition coefficient (Wildman–Crippen LogP) is 9.65. The third-order valence-corrected chi connectivity index (χ3v) is 5.29. The molecule has 166 valence electrons. The van der Waals surface area contributed by atoms with Crippen LogP contribution >= 0.6 is 11.6 Å².